The third kappa shape index (κ3) is 11.7. The van der Waals surface area contributed by atoms with Gasteiger partial charge in [-0.1, -0.05) is 51.2 Å². The maximum absolute atomic E-state index is 9.34. The van der Waals surface area contributed by atoms with E-state index < -0.39 is 0 Å². The van der Waals surface area contributed by atoms with E-state index in [4.69, 9.17) is 5.11 Å². The molecule has 2 nitrogen and oxygen atoms in total. The minimum atomic E-state index is -0.370. The zero-order valence-corrected chi connectivity index (χ0v) is 10.7. The molecule has 0 unspecified atom stereocenters. The van der Waals surface area contributed by atoms with E-state index >= 15 is 0 Å². The van der Waals surface area contributed by atoms with Crippen molar-refractivity contribution in [2.45, 2.75) is 70.8 Å². The molecule has 0 saturated carbocycles. The minimum absolute atomic E-state index is 0.0758. The van der Waals surface area contributed by atoms with Gasteiger partial charge in [-0.25, -0.2) is 0 Å². The van der Waals surface area contributed by atoms with E-state index in [9.17, 15) is 5.11 Å². The molecule has 2 heteroatoms. The first-order chi connectivity index (χ1) is 7.81. The largest absolute Gasteiger partial charge is 0.396 e. The van der Waals surface area contributed by atoms with Gasteiger partial charge in [-0.15, -0.1) is 0 Å². The zero-order chi connectivity index (χ0) is 12.1. The highest BCUT2D eigenvalue weighted by Gasteiger charge is 1.98. The van der Waals surface area contributed by atoms with Gasteiger partial charge < -0.3 is 10.2 Å². The number of allylic oxidation sites excluding steroid dienone is 1. The van der Waals surface area contributed by atoms with E-state index in [1.54, 1.807) is 0 Å². The molecule has 96 valence electrons. The molecule has 0 heterocycles. The third-order valence-electron chi connectivity index (χ3n) is 2.76. The van der Waals surface area contributed by atoms with E-state index in [0.29, 0.717) is 12.8 Å². The summed E-state index contributed by atoms with van der Waals surface area (Å²) in [6.07, 6.45) is 14.1. The van der Waals surface area contributed by atoms with Gasteiger partial charge in [0.05, 0.1) is 6.10 Å². The Kier molecular flexibility index (Phi) is 12.5. The summed E-state index contributed by atoms with van der Waals surface area (Å²) in [5.41, 5.74) is 0. The van der Waals surface area contributed by atoms with Gasteiger partial charge in [0.25, 0.3) is 0 Å². The maximum atomic E-state index is 9.34. The number of unbranched alkanes of at least 4 members (excludes halogenated alkanes) is 6. The molecule has 0 bridgehead atoms. The fourth-order valence-electron chi connectivity index (χ4n) is 1.68. The molecule has 0 aliphatic carbocycles. The van der Waals surface area contributed by atoms with Crippen LogP contribution >= 0.6 is 0 Å². The second kappa shape index (κ2) is 12.7. The molecular formula is C14H28O2. The molecule has 0 aromatic rings. The number of aliphatic hydroxyl groups is 2. The van der Waals surface area contributed by atoms with Crippen LogP contribution < -0.4 is 0 Å². The van der Waals surface area contributed by atoms with E-state index in [2.05, 4.69) is 13.0 Å². The number of hydrogen-bond donors (Lipinski definition) is 2. The lowest BCUT2D eigenvalue weighted by molar-refractivity contribution is 0.135. The molecule has 0 aliphatic heterocycles. The van der Waals surface area contributed by atoms with Crippen LogP contribution in [0.2, 0.25) is 0 Å². The highest BCUT2D eigenvalue weighted by Crippen LogP contribution is 2.07. The molecule has 16 heavy (non-hydrogen) atoms. The standard InChI is InChI=1S/C14H28O2/c1-2-3-4-5-6-7-8-9-10-11-14(16)12-13-15/h9-10,14-16H,2-8,11-13H2,1H3/b10-9-/t14-/m1/s1. The van der Waals surface area contributed by atoms with Gasteiger partial charge in [-0.2, -0.15) is 0 Å². The molecule has 0 rings (SSSR count). The monoisotopic (exact) mass is 228 g/mol. The van der Waals surface area contributed by atoms with Crippen molar-refractivity contribution >= 4 is 0 Å². The highest BCUT2D eigenvalue weighted by molar-refractivity contribution is 4.83. The van der Waals surface area contributed by atoms with Crippen LogP contribution in [-0.4, -0.2) is 22.9 Å². The van der Waals surface area contributed by atoms with Crippen LogP contribution in [0.25, 0.3) is 0 Å². The van der Waals surface area contributed by atoms with Crippen molar-refractivity contribution in [3.8, 4) is 0 Å². The summed E-state index contributed by atoms with van der Waals surface area (Å²) in [7, 11) is 0. The van der Waals surface area contributed by atoms with Crippen molar-refractivity contribution in [3.05, 3.63) is 12.2 Å². The van der Waals surface area contributed by atoms with Gasteiger partial charge in [0, 0.05) is 6.61 Å². The molecular weight excluding hydrogens is 200 g/mol. The van der Waals surface area contributed by atoms with Crippen molar-refractivity contribution < 1.29 is 10.2 Å². The molecule has 0 radical (unpaired) electrons. The number of rotatable bonds is 11. The van der Waals surface area contributed by atoms with Gasteiger partial charge in [0.2, 0.25) is 0 Å². The van der Waals surface area contributed by atoms with E-state index in [0.717, 1.165) is 6.42 Å². The van der Waals surface area contributed by atoms with Gasteiger partial charge in [0.1, 0.15) is 0 Å². The van der Waals surface area contributed by atoms with E-state index in [1.807, 2.05) is 6.08 Å². The third-order valence-corrected chi connectivity index (χ3v) is 2.76. The molecule has 0 saturated heterocycles. The molecule has 0 aliphatic rings. The van der Waals surface area contributed by atoms with Gasteiger partial charge in [-0.3, -0.25) is 0 Å². The predicted molar refractivity (Wildman–Crippen MR) is 69.5 cm³/mol. The first-order valence-corrected chi connectivity index (χ1v) is 6.75. The minimum Gasteiger partial charge on any atom is -0.396 e. The normalized spacial score (nSPS) is 13.4. The molecule has 2 N–H and O–H groups in total. The topological polar surface area (TPSA) is 40.5 Å². The first-order valence-electron chi connectivity index (χ1n) is 6.75. The Morgan fingerprint density at radius 3 is 2.38 bits per heavy atom. The van der Waals surface area contributed by atoms with Gasteiger partial charge in [-0.05, 0) is 25.7 Å². The van der Waals surface area contributed by atoms with Crippen molar-refractivity contribution in [2.75, 3.05) is 6.61 Å². The van der Waals surface area contributed by atoms with E-state index in [-0.39, 0.29) is 12.7 Å². The molecule has 1 atom stereocenters. The Morgan fingerprint density at radius 2 is 1.69 bits per heavy atom. The summed E-state index contributed by atoms with van der Waals surface area (Å²) < 4.78 is 0. The summed E-state index contributed by atoms with van der Waals surface area (Å²) in [4.78, 5) is 0. The molecule has 0 fully saturated rings. The first kappa shape index (κ1) is 15.7. The fraction of sp³-hybridized carbons (Fsp3) is 0.857. The zero-order valence-electron chi connectivity index (χ0n) is 10.7. The Bertz CT molecular complexity index is 155. The predicted octanol–water partition coefficient (Wildman–Crippen LogP) is 3.43. The summed E-state index contributed by atoms with van der Waals surface area (Å²) in [6, 6.07) is 0. The van der Waals surface area contributed by atoms with Gasteiger partial charge >= 0.3 is 0 Å². The highest BCUT2D eigenvalue weighted by atomic mass is 16.3. The van der Waals surface area contributed by atoms with Crippen LogP contribution in [0.5, 0.6) is 0 Å². The lowest BCUT2D eigenvalue weighted by Crippen LogP contribution is -2.06. The Balaban J connectivity index is 3.15. The Labute approximate surface area is 100 Å². The molecule has 0 amide bonds. The van der Waals surface area contributed by atoms with Crippen LogP contribution in [0, 0.1) is 0 Å². The molecule has 0 aromatic carbocycles. The average Bonchev–Trinajstić information content (AvgIpc) is 2.27. The van der Waals surface area contributed by atoms with Crippen molar-refractivity contribution in [2.24, 2.45) is 0 Å². The molecule has 0 aromatic heterocycles. The maximum Gasteiger partial charge on any atom is 0.0596 e. The van der Waals surface area contributed by atoms with E-state index in [1.165, 1.54) is 38.5 Å². The van der Waals surface area contributed by atoms with Crippen molar-refractivity contribution in [1.82, 2.24) is 0 Å². The second-order valence-electron chi connectivity index (χ2n) is 4.43. The number of aliphatic hydroxyl groups excluding tert-OH is 2. The second-order valence-corrected chi connectivity index (χ2v) is 4.43. The summed E-state index contributed by atoms with van der Waals surface area (Å²) in [5, 5.41) is 17.9. The van der Waals surface area contributed by atoms with Crippen LogP contribution in [0.4, 0.5) is 0 Å². The lowest BCUT2D eigenvalue weighted by atomic mass is 10.1. The fourth-order valence-corrected chi connectivity index (χ4v) is 1.68. The van der Waals surface area contributed by atoms with Gasteiger partial charge in [0.15, 0.2) is 0 Å². The summed E-state index contributed by atoms with van der Waals surface area (Å²) in [6.45, 7) is 2.31. The van der Waals surface area contributed by atoms with Crippen LogP contribution in [-0.2, 0) is 0 Å². The Morgan fingerprint density at radius 1 is 1.00 bits per heavy atom. The quantitative estimate of drug-likeness (QED) is 0.420. The van der Waals surface area contributed by atoms with Crippen LogP contribution in [0.15, 0.2) is 12.2 Å². The smallest absolute Gasteiger partial charge is 0.0596 e. The van der Waals surface area contributed by atoms with Crippen LogP contribution in [0.3, 0.4) is 0 Å². The SMILES string of the molecule is CCCCCCCC/C=C\C[C@@H](O)CCO. The van der Waals surface area contributed by atoms with Crippen molar-refractivity contribution in [3.63, 3.8) is 0 Å². The lowest BCUT2D eigenvalue weighted by Gasteiger charge is -2.03. The number of hydrogen-bond acceptors (Lipinski definition) is 2. The summed E-state index contributed by atoms with van der Waals surface area (Å²) in [5.74, 6) is 0. The Hall–Kier alpha value is -0.340. The average molecular weight is 228 g/mol. The molecule has 0 spiro atoms. The van der Waals surface area contributed by atoms with Crippen LogP contribution in [0.1, 0.15) is 64.7 Å². The summed E-state index contributed by atoms with van der Waals surface area (Å²) >= 11 is 0. The van der Waals surface area contributed by atoms with Crippen molar-refractivity contribution in [1.29, 1.82) is 0 Å².